The SMILES string of the molecule is CO[C@@H]1CC(c2ncc[nH]2)N(C(=O)c2cnc3cnccc3c2)C1. The molecule has 3 aromatic heterocycles. The summed E-state index contributed by atoms with van der Waals surface area (Å²) in [5, 5.41) is 0.896. The van der Waals surface area contributed by atoms with Crippen LogP contribution in [0.4, 0.5) is 0 Å². The monoisotopic (exact) mass is 323 g/mol. The Morgan fingerprint density at radius 2 is 2.25 bits per heavy atom. The smallest absolute Gasteiger partial charge is 0.256 e. The predicted octanol–water partition coefficient (Wildman–Crippen LogP) is 1.96. The molecule has 122 valence electrons. The highest BCUT2D eigenvalue weighted by Crippen LogP contribution is 2.32. The zero-order valence-corrected chi connectivity index (χ0v) is 13.2. The Morgan fingerprint density at radius 3 is 3.04 bits per heavy atom. The summed E-state index contributed by atoms with van der Waals surface area (Å²) in [6.45, 7) is 0.537. The minimum absolute atomic E-state index is 0.00154. The number of carbonyl (C=O) groups excluding carboxylic acids is 1. The zero-order valence-electron chi connectivity index (χ0n) is 13.2. The first-order valence-corrected chi connectivity index (χ1v) is 7.79. The molecular weight excluding hydrogens is 306 g/mol. The van der Waals surface area contributed by atoms with Crippen LogP contribution >= 0.6 is 0 Å². The Hall–Kier alpha value is -2.80. The molecule has 1 aliphatic heterocycles. The molecular formula is C17H17N5O2. The van der Waals surface area contributed by atoms with Gasteiger partial charge in [-0.2, -0.15) is 0 Å². The van der Waals surface area contributed by atoms with Crippen LogP contribution in [0.3, 0.4) is 0 Å². The van der Waals surface area contributed by atoms with Gasteiger partial charge in [-0.15, -0.1) is 0 Å². The molecule has 24 heavy (non-hydrogen) atoms. The van der Waals surface area contributed by atoms with Gasteiger partial charge in [0, 0.05) is 50.2 Å². The Bertz CT molecular complexity index is 864. The lowest BCUT2D eigenvalue weighted by atomic mass is 10.1. The summed E-state index contributed by atoms with van der Waals surface area (Å²) in [4.78, 5) is 30.6. The predicted molar refractivity (Wildman–Crippen MR) is 87.3 cm³/mol. The number of hydrogen-bond donors (Lipinski definition) is 1. The second-order valence-corrected chi connectivity index (χ2v) is 5.83. The van der Waals surface area contributed by atoms with E-state index in [0.717, 1.165) is 23.1 Å². The van der Waals surface area contributed by atoms with Crippen molar-refractivity contribution in [2.45, 2.75) is 18.6 Å². The number of likely N-dealkylation sites (tertiary alicyclic amines) is 1. The first kappa shape index (κ1) is 14.8. The van der Waals surface area contributed by atoms with E-state index < -0.39 is 0 Å². The molecule has 1 N–H and O–H groups in total. The van der Waals surface area contributed by atoms with Crippen molar-refractivity contribution >= 4 is 16.8 Å². The number of H-pyrrole nitrogens is 1. The highest BCUT2D eigenvalue weighted by molar-refractivity contribution is 5.97. The number of aromatic amines is 1. The molecule has 0 spiro atoms. The van der Waals surface area contributed by atoms with Gasteiger partial charge in [0.15, 0.2) is 0 Å². The average molecular weight is 323 g/mol. The lowest BCUT2D eigenvalue weighted by Gasteiger charge is -2.23. The molecule has 0 bridgehead atoms. The fourth-order valence-electron chi connectivity index (χ4n) is 3.17. The van der Waals surface area contributed by atoms with Crippen LogP contribution in [0.25, 0.3) is 10.9 Å². The number of rotatable bonds is 3. The van der Waals surface area contributed by atoms with Gasteiger partial charge in [-0.3, -0.25) is 14.8 Å². The molecule has 4 heterocycles. The number of nitrogens with zero attached hydrogens (tertiary/aromatic N) is 4. The Kier molecular flexibility index (Phi) is 3.70. The van der Waals surface area contributed by atoms with Gasteiger partial charge in [0.25, 0.3) is 5.91 Å². The van der Waals surface area contributed by atoms with Gasteiger partial charge in [-0.1, -0.05) is 0 Å². The van der Waals surface area contributed by atoms with Gasteiger partial charge in [0.05, 0.1) is 29.4 Å². The van der Waals surface area contributed by atoms with Gasteiger partial charge < -0.3 is 14.6 Å². The minimum atomic E-state index is -0.120. The molecule has 0 aliphatic carbocycles. The molecule has 1 aliphatic rings. The van der Waals surface area contributed by atoms with E-state index in [1.54, 1.807) is 43.0 Å². The minimum Gasteiger partial charge on any atom is -0.380 e. The molecule has 0 saturated carbocycles. The Labute approximate surface area is 138 Å². The first-order chi connectivity index (χ1) is 11.8. The zero-order chi connectivity index (χ0) is 16.5. The topological polar surface area (TPSA) is 84.0 Å². The third-order valence-electron chi connectivity index (χ3n) is 4.43. The Morgan fingerprint density at radius 1 is 1.33 bits per heavy atom. The first-order valence-electron chi connectivity index (χ1n) is 7.79. The standard InChI is InChI=1S/C17H17N5O2/c1-24-13-7-15(16-19-4-5-20-16)22(10-13)17(23)12-6-11-2-3-18-9-14(11)21-8-12/h2-6,8-9,13,15H,7,10H2,1H3,(H,19,20)/t13-,15?/m1/s1. The van der Waals surface area contributed by atoms with Crippen LogP contribution < -0.4 is 0 Å². The van der Waals surface area contributed by atoms with E-state index in [1.165, 1.54) is 0 Å². The lowest BCUT2D eigenvalue weighted by molar-refractivity contribution is 0.0684. The number of imidazole rings is 1. The van der Waals surface area contributed by atoms with Crippen LogP contribution in [-0.2, 0) is 4.74 Å². The molecule has 1 saturated heterocycles. The van der Waals surface area contributed by atoms with Crippen LogP contribution in [0.1, 0.15) is 28.6 Å². The van der Waals surface area contributed by atoms with E-state index >= 15 is 0 Å². The number of carbonyl (C=O) groups is 1. The highest BCUT2D eigenvalue weighted by atomic mass is 16.5. The van der Waals surface area contributed by atoms with Crippen LogP contribution in [0, 0.1) is 0 Å². The summed E-state index contributed by atoms with van der Waals surface area (Å²) in [5.74, 6) is 0.711. The molecule has 7 heteroatoms. The maximum Gasteiger partial charge on any atom is 0.256 e. The van der Waals surface area contributed by atoms with Crippen molar-refractivity contribution in [3.8, 4) is 0 Å². The summed E-state index contributed by atoms with van der Waals surface area (Å²) < 4.78 is 5.47. The number of methoxy groups -OCH3 is 1. The quantitative estimate of drug-likeness (QED) is 0.796. The fourth-order valence-corrected chi connectivity index (χ4v) is 3.17. The molecule has 1 fully saturated rings. The maximum absolute atomic E-state index is 13.0. The number of fused-ring (bicyclic) bond motifs is 1. The lowest BCUT2D eigenvalue weighted by Crippen LogP contribution is -2.32. The van der Waals surface area contributed by atoms with Crippen molar-refractivity contribution in [1.82, 2.24) is 24.8 Å². The summed E-state index contributed by atoms with van der Waals surface area (Å²) >= 11 is 0. The molecule has 7 nitrogen and oxygen atoms in total. The van der Waals surface area contributed by atoms with Gasteiger partial charge in [0.2, 0.25) is 0 Å². The maximum atomic E-state index is 13.0. The van der Waals surface area contributed by atoms with Crippen molar-refractivity contribution in [2.24, 2.45) is 0 Å². The molecule has 2 atom stereocenters. The third-order valence-corrected chi connectivity index (χ3v) is 4.43. The van der Waals surface area contributed by atoms with Crippen molar-refractivity contribution in [2.75, 3.05) is 13.7 Å². The van der Waals surface area contributed by atoms with E-state index in [-0.39, 0.29) is 18.1 Å². The molecule has 3 aromatic rings. The second kappa shape index (κ2) is 6.01. The number of ether oxygens (including phenoxy) is 1. The number of pyridine rings is 2. The van der Waals surface area contributed by atoms with Crippen molar-refractivity contribution in [1.29, 1.82) is 0 Å². The van der Waals surface area contributed by atoms with Gasteiger partial charge >= 0.3 is 0 Å². The third kappa shape index (κ3) is 2.52. The Balaban J connectivity index is 1.67. The van der Waals surface area contributed by atoms with E-state index in [0.29, 0.717) is 12.1 Å². The van der Waals surface area contributed by atoms with Crippen LogP contribution in [-0.4, -0.2) is 50.5 Å². The summed E-state index contributed by atoms with van der Waals surface area (Å²) in [6.07, 6.45) is 9.17. The van der Waals surface area contributed by atoms with Crippen molar-refractivity contribution in [3.63, 3.8) is 0 Å². The van der Waals surface area contributed by atoms with Crippen molar-refractivity contribution < 1.29 is 9.53 Å². The fraction of sp³-hybridized carbons (Fsp3) is 0.294. The number of hydrogen-bond acceptors (Lipinski definition) is 5. The molecule has 4 rings (SSSR count). The largest absolute Gasteiger partial charge is 0.380 e. The van der Waals surface area contributed by atoms with E-state index in [1.807, 2.05) is 12.1 Å². The number of amides is 1. The van der Waals surface area contributed by atoms with Gasteiger partial charge in [0.1, 0.15) is 5.82 Å². The molecule has 1 unspecified atom stereocenters. The number of nitrogens with one attached hydrogen (secondary N) is 1. The van der Waals surface area contributed by atoms with E-state index in [9.17, 15) is 4.79 Å². The van der Waals surface area contributed by atoms with Crippen LogP contribution in [0.15, 0.2) is 43.1 Å². The summed E-state index contributed by atoms with van der Waals surface area (Å²) in [5.41, 5.74) is 1.33. The normalized spacial score (nSPS) is 20.6. The molecule has 0 radical (unpaired) electrons. The van der Waals surface area contributed by atoms with Crippen molar-refractivity contribution in [3.05, 3.63) is 54.5 Å². The second-order valence-electron chi connectivity index (χ2n) is 5.83. The molecule has 0 aromatic carbocycles. The summed E-state index contributed by atoms with van der Waals surface area (Å²) in [7, 11) is 1.67. The average Bonchev–Trinajstić information content (AvgIpc) is 3.29. The van der Waals surface area contributed by atoms with E-state index in [4.69, 9.17) is 4.74 Å². The van der Waals surface area contributed by atoms with E-state index in [2.05, 4.69) is 19.9 Å². The molecule has 1 amide bonds. The summed E-state index contributed by atoms with van der Waals surface area (Å²) in [6, 6.07) is 3.59. The van der Waals surface area contributed by atoms with Crippen LogP contribution in [0.5, 0.6) is 0 Å². The highest BCUT2D eigenvalue weighted by Gasteiger charge is 2.38. The van der Waals surface area contributed by atoms with Crippen LogP contribution in [0.2, 0.25) is 0 Å². The van der Waals surface area contributed by atoms with Gasteiger partial charge in [-0.05, 0) is 12.1 Å². The van der Waals surface area contributed by atoms with Gasteiger partial charge in [-0.25, -0.2) is 4.98 Å². The number of aromatic nitrogens is 4.